The summed E-state index contributed by atoms with van der Waals surface area (Å²) in [6.07, 6.45) is 2.07. The molecular formula is C18H23NO2. The first-order chi connectivity index (χ1) is 10.1. The molecule has 0 aliphatic heterocycles. The van der Waals surface area contributed by atoms with Gasteiger partial charge in [-0.3, -0.25) is 0 Å². The second-order valence-corrected chi connectivity index (χ2v) is 5.43. The molecule has 0 bridgehead atoms. The Labute approximate surface area is 126 Å². The number of hydrogen-bond donors (Lipinski definition) is 2. The summed E-state index contributed by atoms with van der Waals surface area (Å²) < 4.78 is 5.16. The van der Waals surface area contributed by atoms with E-state index in [-0.39, 0.29) is 0 Å². The Hall–Kier alpha value is -2.16. The van der Waals surface area contributed by atoms with Crippen LogP contribution in [0.1, 0.15) is 24.5 Å². The number of nitrogens with one attached hydrogen (secondary N) is 1. The summed E-state index contributed by atoms with van der Waals surface area (Å²) in [7, 11) is 1.68. The highest BCUT2D eigenvalue weighted by molar-refractivity contribution is 5.50. The maximum atomic E-state index is 9.53. The van der Waals surface area contributed by atoms with Crippen molar-refractivity contribution in [3.8, 4) is 11.5 Å². The van der Waals surface area contributed by atoms with E-state index in [2.05, 4.69) is 24.4 Å². The molecule has 0 amide bonds. The zero-order chi connectivity index (χ0) is 15.2. The molecule has 0 aliphatic carbocycles. The van der Waals surface area contributed by atoms with Crippen LogP contribution < -0.4 is 10.1 Å². The molecule has 0 saturated heterocycles. The van der Waals surface area contributed by atoms with Crippen LogP contribution in [0, 0.1) is 6.92 Å². The summed E-state index contributed by atoms with van der Waals surface area (Å²) in [5.74, 6) is 1.23. The average molecular weight is 285 g/mol. The summed E-state index contributed by atoms with van der Waals surface area (Å²) in [5, 5.41) is 13.0. The van der Waals surface area contributed by atoms with Crippen molar-refractivity contribution in [3.05, 3.63) is 53.6 Å². The number of methoxy groups -OCH3 is 1. The van der Waals surface area contributed by atoms with E-state index in [9.17, 15) is 5.11 Å². The fourth-order valence-corrected chi connectivity index (χ4v) is 2.28. The smallest absolute Gasteiger partial charge is 0.118 e. The van der Waals surface area contributed by atoms with E-state index in [1.54, 1.807) is 13.2 Å². The first-order valence-corrected chi connectivity index (χ1v) is 7.27. The number of aromatic hydroxyl groups is 1. The lowest BCUT2D eigenvalue weighted by Gasteiger charge is -2.16. The molecule has 3 heteroatoms. The van der Waals surface area contributed by atoms with E-state index in [1.807, 2.05) is 31.2 Å². The third kappa shape index (κ3) is 4.42. The number of rotatable bonds is 6. The molecule has 2 aromatic rings. The number of phenols is 1. The summed E-state index contributed by atoms with van der Waals surface area (Å²) in [6.45, 7) is 4.08. The predicted molar refractivity (Wildman–Crippen MR) is 87.2 cm³/mol. The monoisotopic (exact) mass is 285 g/mol. The molecule has 1 atom stereocenters. The van der Waals surface area contributed by atoms with E-state index in [0.29, 0.717) is 11.8 Å². The minimum Gasteiger partial charge on any atom is -0.508 e. The maximum absolute atomic E-state index is 9.53. The average Bonchev–Trinajstić information content (AvgIpc) is 2.49. The standard InChI is InChI=1S/C18H23NO2/c1-13-12-16(8-11-18(13)20)19-14(2)4-5-15-6-9-17(21-3)10-7-15/h6-12,14,19-20H,4-5H2,1-3H3. The SMILES string of the molecule is COc1ccc(CCC(C)Nc2ccc(O)c(C)c2)cc1. The number of phenolic OH excluding ortho intramolecular Hbond substituents is 1. The van der Waals surface area contributed by atoms with Gasteiger partial charge in [-0.1, -0.05) is 12.1 Å². The molecule has 21 heavy (non-hydrogen) atoms. The van der Waals surface area contributed by atoms with Crippen molar-refractivity contribution in [2.45, 2.75) is 32.7 Å². The minimum atomic E-state index is 0.339. The van der Waals surface area contributed by atoms with Crippen LogP contribution in [0.15, 0.2) is 42.5 Å². The third-order valence-corrected chi connectivity index (χ3v) is 3.63. The highest BCUT2D eigenvalue weighted by Crippen LogP contribution is 2.21. The Morgan fingerprint density at radius 3 is 2.48 bits per heavy atom. The lowest BCUT2D eigenvalue weighted by Crippen LogP contribution is -2.16. The number of anilines is 1. The molecule has 2 rings (SSSR count). The van der Waals surface area contributed by atoms with Crippen LogP contribution in [0.4, 0.5) is 5.69 Å². The van der Waals surface area contributed by atoms with Crippen molar-refractivity contribution >= 4 is 5.69 Å². The zero-order valence-electron chi connectivity index (χ0n) is 12.9. The van der Waals surface area contributed by atoms with Crippen LogP contribution in [0.2, 0.25) is 0 Å². The Morgan fingerprint density at radius 1 is 1.14 bits per heavy atom. The highest BCUT2D eigenvalue weighted by Gasteiger charge is 2.04. The van der Waals surface area contributed by atoms with Gasteiger partial charge in [0, 0.05) is 11.7 Å². The summed E-state index contributed by atoms with van der Waals surface area (Å²) in [6, 6.07) is 14.2. The molecule has 2 N–H and O–H groups in total. The van der Waals surface area contributed by atoms with Crippen LogP contribution in [-0.2, 0) is 6.42 Å². The molecule has 3 nitrogen and oxygen atoms in total. The Balaban J connectivity index is 1.86. The molecule has 0 spiro atoms. The highest BCUT2D eigenvalue weighted by atomic mass is 16.5. The summed E-state index contributed by atoms with van der Waals surface area (Å²) in [4.78, 5) is 0. The Kier molecular flexibility index (Phi) is 5.09. The summed E-state index contributed by atoms with van der Waals surface area (Å²) >= 11 is 0. The molecule has 0 aliphatic rings. The van der Waals surface area contributed by atoms with Crippen LogP contribution in [0.5, 0.6) is 11.5 Å². The summed E-state index contributed by atoms with van der Waals surface area (Å²) in [5.41, 5.74) is 3.25. The fraction of sp³-hybridized carbons (Fsp3) is 0.333. The van der Waals surface area contributed by atoms with Crippen LogP contribution in [0.25, 0.3) is 0 Å². The molecule has 0 saturated carbocycles. The van der Waals surface area contributed by atoms with Crippen molar-refractivity contribution in [2.24, 2.45) is 0 Å². The molecule has 112 valence electrons. The minimum absolute atomic E-state index is 0.339. The first kappa shape index (κ1) is 15.2. The normalized spacial score (nSPS) is 12.0. The number of benzene rings is 2. The molecular weight excluding hydrogens is 262 g/mol. The maximum Gasteiger partial charge on any atom is 0.118 e. The van der Waals surface area contributed by atoms with E-state index >= 15 is 0 Å². The van der Waals surface area contributed by atoms with Gasteiger partial charge >= 0.3 is 0 Å². The number of aryl methyl sites for hydroxylation is 2. The quantitative estimate of drug-likeness (QED) is 0.784. The van der Waals surface area contributed by atoms with Crippen molar-refractivity contribution < 1.29 is 9.84 Å². The lowest BCUT2D eigenvalue weighted by atomic mass is 10.1. The predicted octanol–water partition coefficient (Wildman–Crippen LogP) is 4.14. The van der Waals surface area contributed by atoms with Gasteiger partial charge in [-0.25, -0.2) is 0 Å². The number of hydrogen-bond acceptors (Lipinski definition) is 3. The van der Waals surface area contributed by atoms with E-state index in [0.717, 1.165) is 29.8 Å². The van der Waals surface area contributed by atoms with Gasteiger partial charge in [0.05, 0.1) is 7.11 Å². The van der Waals surface area contributed by atoms with Gasteiger partial charge in [0.25, 0.3) is 0 Å². The van der Waals surface area contributed by atoms with Crippen molar-refractivity contribution in [1.82, 2.24) is 0 Å². The van der Waals surface area contributed by atoms with Gasteiger partial charge in [-0.15, -0.1) is 0 Å². The lowest BCUT2D eigenvalue weighted by molar-refractivity contribution is 0.414. The van der Waals surface area contributed by atoms with Gasteiger partial charge in [-0.05, 0) is 68.1 Å². The topological polar surface area (TPSA) is 41.5 Å². The second-order valence-electron chi connectivity index (χ2n) is 5.43. The van der Waals surface area contributed by atoms with Gasteiger partial charge in [0.15, 0.2) is 0 Å². The largest absolute Gasteiger partial charge is 0.508 e. The molecule has 1 unspecified atom stereocenters. The molecule has 0 aromatic heterocycles. The van der Waals surface area contributed by atoms with Crippen LogP contribution in [-0.4, -0.2) is 18.3 Å². The second kappa shape index (κ2) is 7.02. The first-order valence-electron chi connectivity index (χ1n) is 7.27. The third-order valence-electron chi connectivity index (χ3n) is 3.63. The number of ether oxygens (including phenoxy) is 1. The van der Waals surface area contributed by atoms with Crippen molar-refractivity contribution in [2.75, 3.05) is 12.4 Å². The Morgan fingerprint density at radius 2 is 1.86 bits per heavy atom. The van der Waals surface area contributed by atoms with Crippen molar-refractivity contribution in [1.29, 1.82) is 0 Å². The van der Waals surface area contributed by atoms with E-state index in [1.165, 1.54) is 5.56 Å². The molecule has 0 heterocycles. The van der Waals surface area contributed by atoms with Crippen LogP contribution in [0.3, 0.4) is 0 Å². The molecule has 0 radical (unpaired) electrons. The van der Waals surface area contributed by atoms with Crippen molar-refractivity contribution in [3.63, 3.8) is 0 Å². The van der Waals surface area contributed by atoms with E-state index < -0.39 is 0 Å². The van der Waals surface area contributed by atoms with E-state index in [4.69, 9.17) is 4.74 Å². The van der Waals surface area contributed by atoms with Gasteiger partial charge < -0.3 is 15.2 Å². The molecule has 0 fully saturated rings. The van der Waals surface area contributed by atoms with Gasteiger partial charge in [0.2, 0.25) is 0 Å². The Bertz CT molecular complexity index is 578. The molecule has 2 aromatic carbocycles. The van der Waals surface area contributed by atoms with Crippen LogP contribution >= 0.6 is 0 Å². The van der Waals surface area contributed by atoms with Gasteiger partial charge in [0.1, 0.15) is 11.5 Å². The zero-order valence-corrected chi connectivity index (χ0v) is 12.9. The fourth-order valence-electron chi connectivity index (χ4n) is 2.28. The van der Waals surface area contributed by atoms with Gasteiger partial charge in [-0.2, -0.15) is 0 Å².